The number of nitrogens with one attached hydrogen (secondary N) is 1. The highest BCUT2D eigenvalue weighted by Crippen LogP contribution is 2.31. The van der Waals surface area contributed by atoms with Crippen LogP contribution in [0.3, 0.4) is 0 Å². The topological polar surface area (TPSA) is 149 Å². The molecule has 2 aromatic carbocycles. The van der Waals surface area contributed by atoms with Gasteiger partial charge in [-0.1, -0.05) is 41.7 Å². The summed E-state index contributed by atoms with van der Waals surface area (Å²) in [6, 6.07) is 11.7. The second-order valence-electron chi connectivity index (χ2n) is 5.26. The van der Waals surface area contributed by atoms with Gasteiger partial charge in [-0.25, -0.2) is 4.98 Å². The Morgan fingerprint density at radius 3 is 2.59 bits per heavy atom. The van der Waals surface area contributed by atoms with Gasteiger partial charge in [0.2, 0.25) is 0 Å². The summed E-state index contributed by atoms with van der Waals surface area (Å²) in [6.45, 7) is 0. The number of nitrogens with zero attached hydrogens (tertiary/aromatic N) is 2. The normalized spacial score (nSPS) is 12.5. The van der Waals surface area contributed by atoms with Gasteiger partial charge in [-0.05, 0) is 23.8 Å². The lowest BCUT2D eigenvalue weighted by atomic mass is 10.1. The smallest absolute Gasteiger partial charge is 0.299 e. The van der Waals surface area contributed by atoms with E-state index >= 15 is 0 Å². The monoisotopic (exact) mass is 409 g/mol. The number of hydrogen-bond acceptors (Lipinski definition) is 8. The molecule has 27 heavy (non-hydrogen) atoms. The van der Waals surface area contributed by atoms with Gasteiger partial charge in [0.1, 0.15) is 5.75 Å². The van der Waals surface area contributed by atoms with Crippen molar-refractivity contribution >= 4 is 42.7 Å². The number of rotatable bonds is 6. The van der Waals surface area contributed by atoms with E-state index in [-0.39, 0.29) is 16.4 Å². The molecule has 0 spiro atoms. The SMILES string of the molecule is O=C(Nc1nc2ccc(O[N+](=O)[O-])cc2s1)C(c1ccccc1)S(=O)(=O)O. The van der Waals surface area contributed by atoms with E-state index in [1.165, 1.54) is 42.5 Å². The number of carbonyl (C=O) groups is 1. The van der Waals surface area contributed by atoms with Gasteiger partial charge >= 0.3 is 0 Å². The average Bonchev–Trinajstić information content (AvgIpc) is 2.95. The Morgan fingerprint density at radius 1 is 1.26 bits per heavy atom. The molecule has 12 heteroatoms. The van der Waals surface area contributed by atoms with Gasteiger partial charge in [-0.2, -0.15) is 8.42 Å². The highest BCUT2D eigenvalue weighted by molar-refractivity contribution is 7.86. The van der Waals surface area contributed by atoms with Gasteiger partial charge in [-0.15, -0.1) is 10.1 Å². The lowest BCUT2D eigenvalue weighted by Crippen LogP contribution is -2.27. The first-order valence-electron chi connectivity index (χ1n) is 7.29. The zero-order valence-electron chi connectivity index (χ0n) is 13.3. The van der Waals surface area contributed by atoms with Gasteiger partial charge in [0.15, 0.2) is 10.4 Å². The average molecular weight is 409 g/mol. The van der Waals surface area contributed by atoms with E-state index < -0.39 is 26.4 Å². The Bertz CT molecular complexity index is 1110. The number of carbonyl (C=O) groups excluding carboxylic acids is 1. The Hall–Kier alpha value is -3.09. The van der Waals surface area contributed by atoms with Crippen molar-refractivity contribution in [2.75, 3.05) is 5.32 Å². The van der Waals surface area contributed by atoms with Crippen molar-refractivity contribution in [2.45, 2.75) is 5.25 Å². The molecule has 0 aliphatic rings. The van der Waals surface area contributed by atoms with Crippen LogP contribution in [0.2, 0.25) is 0 Å². The Balaban J connectivity index is 1.88. The van der Waals surface area contributed by atoms with Crippen molar-refractivity contribution < 1.29 is 27.7 Å². The number of amides is 1. The van der Waals surface area contributed by atoms with Crippen LogP contribution >= 0.6 is 11.3 Å². The summed E-state index contributed by atoms with van der Waals surface area (Å²) >= 11 is 0.968. The minimum atomic E-state index is -4.72. The van der Waals surface area contributed by atoms with Crippen molar-refractivity contribution in [3.05, 3.63) is 64.2 Å². The van der Waals surface area contributed by atoms with Gasteiger partial charge in [0, 0.05) is 0 Å². The van der Waals surface area contributed by atoms with Crippen LogP contribution in [0.15, 0.2) is 48.5 Å². The quantitative estimate of drug-likeness (QED) is 0.358. The molecule has 2 N–H and O–H groups in total. The van der Waals surface area contributed by atoms with Crippen LogP contribution in [-0.4, -0.2) is 28.9 Å². The van der Waals surface area contributed by atoms with Crippen LogP contribution < -0.4 is 10.2 Å². The van der Waals surface area contributed by atoms with Crippen LogP contribution in [0, 0.1) is 10.1 Å². The molecule has 0 aliphatic carbocycles. The fourth-order valence-electron chi connectivity index (χ4n) is 2.36. The van der Waals surface area contributed by atoms with E-state index in [2.05, 4.69) is 15.1 Å². The number of benzene rings is 2. The third-order valence-corrected chi connectivity index (χ3v) is 5.42. The van der Waals surface area contributed by atoms with E-state index in [9.17, 15) is 27.9 Å². The van der Waals surface area contributed by atoms with Crippen LogP contribution in [0.4, 0.5) is 5.13 Å². The first kappa shape index (κ1) is 18.7. The van der Waals surface area contributed by atoms with Gasteiger partial charge in [0.25, 0.3) is 21.1 Å². The van der Waals surface area contributed by atoms with Crippen molar-refractivity contribution in [1.29, 1.82) is 0 Å². The molecule has 0 fully saturated rings. The van der Waals surface area contributed by atoms with Crippen molar-refractivity contribution in [3.8, 4) is 5.75 Å². The van der Waals surface area contributed by atoms with Crippen LogP contribution in [0.25, 0.3) is 10.2 Å². The fraction of sp³-hybridized carbons (Fsp3) is 0.0667. The molecule has 3 rings (SSSR count). The van der Waals surface area contributed by atoms with E-state index in [0.29, 0.717) is 10.2 Å². The van der Waals surface area contributed by atoms with Crippen molar-refractivity contribution in [1.82, 2.24) is 4.98 Å². The van der Waals surface area contributed by atoms with Gasteiger partial charge in [-0.3, -0.25) is 14.2 Å². The maximum atomic E-state index is 12.5. The molecule has 0 saturated carbocycles. The number of aromatic nitrogens is 1. The fourth-order valence-corrected chi connectivity index (χ4v) is 4.09. The summed E-state index contributed by atoms with van der Waals surface area (Å²) in [6.07, 6.45) is 0. The first-order valence-corrected chi connectivity index (χ1v) is 9.61. The summed E-state index contributed by atoms with van der Waals surface area (Å²) in [5.74, 6) is -1.00. The molecule has 1 unspecified atom stereocenters. The molecule has 3 aromatic rings. The zero-order valence-corrected chi connectivity index (χ0v) is 14.9. The van der Waals surface area contributed by atoms with E-state index in [1.54, 1.807) is 6.07 Å². The third-order valence-electron chi connectivity index (χ3n) is 3.41. The molecule has 0 aliphatic heterocycles. The number of thiazole rings is 1. The van der Waals surface area contributed by atoms with Crippen LogP contribution in [0.1, 0.15) is 10.8 Å². The van der Waals surface area contributed by atoms with Crippen molar-refractivity contribution in [3.63, 3.8) is 0 Å². The number of anilines is 1. The summed E-state index contributed by atoms with van der Waals surface area (Å²) in [5, 5.41) is 10.0. The summed E-state index contributed by atoms with van der Waals surface area (Å²) in [4.78, 5) is 31.3. The molecule has 0 bridgehead atoms. The molecule has 140 valence electrons. The summed E-state index contributed by atoms with van der Waals surface area (Å²) in [7, 11) is -4.72. The van der Waals surface area contributed by atoms with Crippen LogP contribution in [0.5, 0.6) is 5.75 Å². The second kappa shape index (κ2) is 7.26. The standard InChI is InChI=1S/C15H11N3O7S2/c19-14(13(27(22,23)24)9-4-2-1-3-5-9)17-15-16-11-7-6-10(25-18(20)21)8-12(11)26-15/h1-8,13H,(H,16,17,19)(H,22,23,24). The molecular weight excluding hydrogens is 398 g/mol. The first-order chi connectivity index (χ1) is 12.7. The summed E-state index contributed by atoms with van der Waals surface area (Å²) in [5.41, 5.74) is 0.523. The molecule has 10 nitrogen and oxygen atoms in total. The number of fused-ring (bicyclic) bond motifs is 1. The highest BCUT2D eigenvalue weighted by Gasteiger charge is 2.33. The second-order valence-corrected chi connectivity index (χ2v) is 7.79. The molecule has 1 atom stereocenters. The van der Waals surface area contributed by atoms with E-state index in [1.807, 2.05) is 0 Å². The lowest BCUT2D eigenvalue weighted by Gasteiger charge is -2.13. The van der Waals surface area contributed by atoms with Crippen molar-refractivity contribution in [2.24, 2.45) is 0 Å². The van der Waals surface area contributed by atoms with Crippen LogP contribution in [-0.2, 0) is 14.9 Å². The minimum Gasteiger partial charge on any atom is -0.300 e. The molecule has 0 saturated heterocycles. The predicted molar refractivity (Wildman–Crippen MR) is 96.6 cm³/mol. The lowest BCUT2D eigenvalue weighted by molar-refractivity contribution is -0.711. The summed E-state index contributed by atoms with van der Waals surface area (Å²) < 4.78 is 33.3. The Morgan fingerprint density at radius 2 is 1.96 bits per heavy atom. The number of hydrogen-bond donors (Lipinski definition) is 2. The van der Waals surface area contributed by atoms with Gasteiger partial charge in [0.05, 0.1) is 10.2 Å². The molecule has 0 radical (unpaired) electrons. The minimum absolute atomic E-state index is 0.0193. The maximum Gasteiger partial charge on any atom is 0.299 e. The van der Waals surface area contributed by atoms with E-state index in [4.69, 9.17) is 0 Å². The molecule has 1 aromatic heterocycles. The van der Waals surface area contributed by atoms with E-state index in [0.717, 1.165) is 11.3 Å². The third kappa shape index (κ3) is 4.36. The largest absolute Gasteiger partial charge is 0.300 e. The predicted octanol–water partition coefficient (Wildman–Crippen LogP) is 2.43. The molecule has 1 amide bonds. The zero-order chi connectivity index (χ0) is 19.6. The maximum absolute atomic E-state index is 12.5. The van der Waals surface area contributed by atoms with Gasteiger partial charge < -0.3 is 5.32 Å². The Labute approximate surface area is 156 Å². The Kier molecular flexibility index (Phi) is 5.03. The molecule has 1 heterocycles. The highest BCUT2D eigenvalue weighted by atomic mass is 32.2. The molecular formula is C15H11N3O7S2.